The number of fused-ring (bicyclic) bond motifs is 1. The maximum atomic E-state index is 5.50. The van der Waals surface area contributed by atoms with E-state index in [1.54, 1.807) is 7.11 Å². The third kappa shape index (κ3) is 3.48. The van der Waals surface area contributed by atoms with E-state index in [1.807, 2.05) is 0 Å². The first-order valence-electron chi connectivity index (χ1n) is 7.86. The Kier molecular flexibility index (Phi) is 4.74. The summed E-state index contributed by atoms with van der Waals surface area (Å²) in [5.41, 5.74) is 0. The Morgan fingerprint density at radius 2 is 1.95 bits per heavy atom. The number of hydrogen-bond donors (Lipinski definition) is 0. The quantitative estimate of drug-likeness (QED) is 0.740. The number of rotatable bonds is 5. The molecule has 3 rings (SSSR count). The number of nitrogens with zero attached hydrogens (tertiary/aromatic N) is 2. The van der Waals surface area contributed by atoms with Gasteiger partial charge in [-0.1, -0.05) is 0 Å². The molecule has 0 bridgehead atoms. The Balaban J connectivity index is 1.44. The zero-order valence-electron chi connectivity index (χ0n) is 12.2. The molecule has 0 spiro atoms. The van der Waals surface area contributed by atoms with Crippen molar-refractivity contribution in [3.63, 3.8) is 0 Å². The molecule has 110 valence electrons. The van der Waals surface area contributed by atoms with Gasteiger partial charge in [-0.3, -0.25) is 0 Å². The fourth-order valence-corrected chi connectivity index (χ4v) is 4.01. The van der Waals surface area contributed by atoms with Gasteiger partial charge in [0.25, 0.3) is 0 Å². The lowest BCUT2D eigenvalue weighted by atomic mass is 9.89. The predicted molar refractivity (Wildman–Crippen MR) is 75.3 cm³/mol. The first-order valence-corrected chi connectivity index (χ1v) is 7.86. The number of hydrogen-bond acceptors (Lipinski definition) is 4. The third-order valence-corrected chi connectivity index (χ3v) is 5.11. The molecule has 0 saturated carbocycles. The molecule has 0 aromatic heterocycles. The molecule has 3 aliphatic rings. The van der Waals surface area contributed by atoms with Gasteiger partial charge < -0.3 is 19.3 Å². The summed E-state index contributed by atoms with van der Waals surface area (Å²) in [5.74, 6) is 2.64. The van der Waals surface area contributed by atoms with E-state index in [-0.39, 0.29) is 0 Å². The molecule has 0 amide bonds. The van der Waals surface area contributed by atoms with Crippen molar-refractivity contribution in [2.75, 3.05) is 66.2 Å². The van der Waals surface area contributed by atoms with Crippen LogP contribution in [0.1, 0.15) is 12.8 Å². The molecule has 3 fully saturated rings. The van der Waals surface area contributed by atoms with Crippen LogP contribution >= 0.6 is 0 Å². The maximum absolute atomic E-state index is 5.50. The minimum absolute atomic E-state index is 0.796. The molecule has 3 heterocycles. The SMILES string of the molecule is COCCN1CC[C@@H]2CN(CC3CCOC3)C[C@@H]2C1. The van der Waals surface area contributed by atoms with E-state index in [4.69, 9.17) is 9.47 Å². The van der Waals surface area contributed by atoms with E-state index in [0.29, 0.717) is 0 Å². The van der Waals surface area contributed by atoms with Crippen LogP contribution in [0.3, 0.4) is 0 Å². The minimum atomic E-state index is 0.796. The summed E-state index contributed by atoms with van der Waals surface area (Å²) in [6.45, 7) is 10.4. The third-order valence-electron chi connectivity index (χ3n) is 5.11. The zero-order valence-corrected chi connectivity index (χ0v) is 12.2. The normalized spacial score (nSPS) is 36.8. The number of methoxy groups -OCH3 is 1. The molecular weight excluding hydrogens is 240 g/mol. The lowest BCUT2D eigenvalue weighted by molar-refractivity contribution is 0.102. The number of likely N-dealkylation sites (tertiary alicyclic amines) is 2. The fraction of sp³-hybridized carbons (Fsp3) is 1.00. The van der Waals surface area contributed by atoms with Gasteiger partial charge in [0.1, 0.15) is 0 Å². The van der Waals surface area contributed by atoms with Crippen LogP contribution in [0.5, 0.6) is 0 Å². The molecule has 0 aromatic rings. The molecule has 19 heavy (non-hydrogen) atoms. The van der Waals surface area contributed by atoms with E-state index in [1.165, 1.54) is 45.6 Å². The van der Waals surface area contributed by atoms with Crippen LogP contribution in [0.2, 0.25) is 0 Å². The van der Waals surface area contributed by atoms with Gasteiger partial charge in [0, 0.05) is 46.4 Å². The van der Waals surface area contributed by atoms with Gasteiger partial charge in [-0.2, -0.15) is 0 Å². The number of piperidine rings is 1. The molecule has 3 aliphatic heterocycles. The molecule has 0 radical (unpaired) electrons. The fourth-order valence-electron chi connectivity index (χ4n) is 4.01. The summed E-state index contributed by atoms with van der Waals surface area (Å²) in [5, 5.41) is 0. The van der Waals surface area contributed by atoms with E-state index >= 15 is 0 Å². The zero-order chi connectivity index (χ0) is 13.1. The summed E-state index contributed by atoms with van der Waals surface area (Å²) in [6.07, 6.45) is 2.65. The van der Waals surface area contributed by atoms with Crippen LogP contribution in [0, 0.1) is 17.8 Å². The van der Waals surface area contributed by atoms with Crippen LogP contribution in [0.4, 0.5) is 0 Å². The Morgan fingerprint density at radius 1 is 1.11 bits per heavy atom. The van der Waals surface area contributed by atoms with Gasteiger partial charge in [-0.05, 0) is 37.1 Å². The Morgan fingerprint density at radius 3 is 2.74 bits per heavy atom. The molecule has 0 aromatic carbocycles. The van der Waals surface area contributed by atoms with Crippen molar-refractivity contribution in [3.05, 3.63) is 0 Å². The van der Waals surface area contributed by atoms with Gasteiger partial charge in [-0.25, -0.2) is 0 Å². The van der Waals surface area contributed by atoms with Crippen LogP contribution in [-0.4, -0.2) is 76.0 Å². The molecule has 0 N–H and O–H groups in total. The van der Waals surface area contributed by atoms with E-state index in [9.17, 15) is 0 Å². The van der Waals surface area contributed by atoms with Crippen molar-refractivity contribution < 1.29 is 9.47 Å². The summed E-state index contributed by atoms with van der Waals surface area (Å²) >= 11 is 0. The topological polar surface area (TPSA) is 24.9 Å². The van der Waals surface area contributed by atoms with E-state index in [2.05, 4.69) is 9.80 Å². The van der Waals surface area contributed by atoms with Crippen molar-refractivity contribution in [2.24, 2.45) is 17.8 Å². The molecule has 1 unspecified atom stereocenters. The first kappa shape index (κ1) is 13.8. The Bertz CT molecular complexity index is 281. The number of ether oxygens (including phenoxy) is 2. The van der Waals surface area contributed by atoms with Crippen molar-refractivity contribution in [3.8, 4) is 0 Å². The average molecular weight is 268 g/mol. The minimum Gasteiger partial charge on any atom is -0.383 e. The molecule has 4 heteroatoms. The van der Waals surface area contributed by atoms with Gasteiger partial charge in [0.2, 0.25) is 0 Å². The van der Waals surface area contributed by atoms with Crippen molar-refractivity contribution in [1.29, 1.82) is 0 Å². The largest absolute Gasteiger partial charge is 0.383 e. The van der Waals surface area contributed by atoms with Crippen molar-refractivity contribution in [2.45, 2.75) is 12.8 Å². The van der Waals surface area contributed by atoms with Crippen molar-refractivity contribution in [1.82, 2.24) is 9.80 Å². The molecule has 0 aliphatic carbocycles. The molecule has 4 nitrogen and oxygen atoms in total. The lowest BCUT2D eigenvalue weighted by Crippen LogP contribution is -2.41. The van der Waals surface area contributed by atoms with E-state index < -0.39 is 0 Å². The Labute approximate surface area is 117 Å². The maximum Gasteiger partial charge on any atom is 0.0589 e. The smallest absolute Gasteiger partial charge is 0.0589 e. The van der Waals surface area contributed by atoms with Gasteiger partial charge in [-0.15, -0.1) is 0 Å². The van der Waals surface area contributed by atoms with Gasteiger partial charge >= 0.3 is 0 Å². The second kappa shape index (κ2) is 6.53. The molecule has 3 atom stereocenters. The Hall–Kier alpha value is -0.160. The summed E-state index contributed by atoms with van der Waals surface area (Å²) in [6, 6.07) is 0. The highest BCUT2D eigenvalue weighted by Crippen LogP contribution is 2.32. The second-order valence-electron chi connectivity index (χ2n) is 6.55. The summed E-state index contributed by atoms with van der Waals surface area (Å²) < 4.78 is 10.7. The predicted octanol–water partition coefficient (Wildman–Crippen LogP) is 0.923. The lowest BCUT2D eigenvalue weighted by Gasteiger charge is -2.34. The summed E-state index contributed by atoms with van der Waals surface area (Å²) in [7, 11) is 1.80. The van der Waals surface area contributed by atoms with Crippen molar-refractivity contribution >= 4 is 0 Å². The first-order chi connectivity index (χ1) is 9.35. The highest BCUT2D eigenvalue weighted by molar-refractivity contribution is 4.90. The highest BCUT2D eigenvalue weighted by Gasteiger charge is 2.37. The second-order valence-corrected chi connectivity index (χ2v) is 6.55. The highest BCUT2D eigenvalue weighted by atomic mass is 16.5. The summed E-state index contributed by atoms with van der Waals surface area (Å²) in [4.78, 5) is 5.29. The average Bonchev–Trinajstić information content (AvgIpc) is 3.04. The van der Waals surface area contributed by atoms with Gasteiger partial charge in [0.15, 0.2) is 0 Å². The van der Waals surface area contributed by atoms with Crippen LogP contribution in [0.15, 0.2) is 0 Å². The van der Waals surface area contributed by atoms with Crippen LogP contribution in [-0.2, 0) is 9.47 Å². The monoisotopic (exact) mass is 268 g/mol. The molecule has 3 saturated heterocycles. The molecular formula is C15H28N2O2. The standard InChI is InChI=1S/C15H28N2O2/c1-18-7-5-16-4-2-14-9-17(11-15(14)10-16)8-13-3-6-19-12-13/h13-15H,2-12H2,1H3/t13?,14-,15+/m1/s1. The van der Waals surface area contributed by atoms with Crippen LogP contribution < -0.4 is 0 Å². The van der Waals surface area contributed by atoms with E-state index in [0.717, 1.165) is 44.1 Å². The van der Waals surface area contributed by atoms with Gasteiger partial charge in [0.05, 0.1) is 13.2 Å². The van der Waals surface area contributed by atoms with Crippen LogP contribution in [0.25, 0.3) is 0 Å².